The Balaban J connectivity index is 2.52. The Hall–Kier alpha value is -0.940. The van der Waals surface area contributed by atoms with E-state index in [9.17, 15) is 4.79 Å². The minimum atomic E-state index is -0.169. The molecule has 0 saturated carbocycles. The molecule has 84 valence electrons. The number of likely N-dealkylation sites (N-methyl/N-ethyl adjacent to an activating group) is 1. The normalized spacial score (nSPS) is 14.7. The van der Waals surface area contributed by atoms with Gasteiger partial charge in [-0.25, -0.2) is 0 Å². The molecule has 1 aromatic heterocycles. The van der Waals surface area contributed by atoms with Gasteiger partial charge in [0.1, 0.15) is 0 Å². The zero-order chi connectivity index (χ0) is 11.4. The number of carbonyl (C=O) groups is 1. The molecule has 1 heterocycles. The van der Waals surface area contributed by atoms with Gasteiger partial charge < -0.3 is 4.90 Å². The quantitative estimate of drug-likeness (QED) is 0.842. The molecule has 15 heavy (non-hydrogen) atoms. The van der Waals surface area contributed by atoms with Crippen LogP contribution in [0.3, 0.4) is 0 Å². The first-order valence-corrected chi connectivity index (χ1v) is 5.76. The van der Waals surface area contributed by atoms with Gasteiger partial charge in [-0.15, -0.1) is 11.3 Å². The van der Waals surface area contributed by atoms with Gasteiger partial charge in [0.05, 0.1) is 11.6 Å². The van der Waals surface area contributed by atoms with Crippen LogP contribution >= 0.6 is 11.3 Å². The van der Waals surface area contributed by atoms with E-state index < -0.39 is 0 Å². The molecule has 0 aliphatic carbocycles. The zero-order valence-electron chi connectivity index (χ0n) is 9.52. The van der Waals surface area contributed by atoms with Gasteiger partial charge >= 0.3 is 0 Å². The van der Waals surface area contributed by atoms with Crippen LogP contribution in [0.15, 0.2) is 11.7 Å². The first-order valence-electron chi connectivity index (χ1n) is 4.88. The lowest BCUT2D eigenvalue weighted by atomic mass is 10.2. The smallest absolute Gasteiger partial charge is 0.238 e. The maximum atomic E-state index is 11.6. The third-order valence-corrected chi connectivity index (χ3v) is 3.15. The second-order valence-corrected chi connectivity index (χ2v) is 4.66. The third-order valence-electron chi connectivity index (χ3n) is 2.19. The number of rotatable bonds is 4. The summed E-state index contributed by atoms with van der Waals surface area (Å²) in [4.78, 5) is 18.4. The first kappa shape index (κ1) is 12.1. The van der Waals surface area contributed by atoms with Crippen LogP contribution in [0, 0.1) is 0 Å². The van der Waals surface area contributed by atoms with Gasteiger partial charge in [-0.2, -0.15) is 0 Å². The zero-order valence-corrected chi connectivity index (χ0v) is 10.3. The lowest BCUT2D eigenvalue weighted by molar-refractivity contribution is -0.130. The van der Waals surface area contributed by atoms with Crippen LogP contribution in [-0.4, -0.2) is 35.9 Å². The van der Waals surface area contributed by atoms with Crippen molar-refractivity contribution in [2.45, 2.75) is 25.9 Å². The van der Waals surface area contributed by atoms with Crippen LogP contribution in [-0.2, 0) is 4.79 Å². The van der Waals surface area contributed by atoms with Crippen molar-refractivity contribution >= 4 is 17.2 Å². The van der Waals surface area contributed by atoms with Gasteiger partial charge in [0.15, 0.2) is 0 Å². The van der Waals surface area contributed by atoms with Crippen LogP contribution in [0.1, 0.15) is 24.8 Å². The van der Waals surface area contributed by atoms with Crippen molar-refractivity contribution < 1.29 is 4.79 Å². The maximum absolute atomic E-state index is 11.6. The number of hydrogen-bond donors (Lipinski definition) is 1. The second-order valence-electron chi connectivity index (χ2n) is 3.75. The molecule has 1 N–H and O–H groups in total. The molecule has 0 aliphatic heterocycles. The van der Waals surface area contributed by atoms with Crippen molar-refractivity contribution in [1.82, 2.24) is 15.2 Å². The Morgan fingerprint density at radius 2 is 2.20 bits per heavy atom. The number of amides is 1. The fourth-order valence-electron chi connectivity index (χ4n) is 1.36. The number of nitrogens with zero attached hydrogens (tertiary/aromatic N) is 2. The molecule has 0 aromatic carbocycles. The summed E-state index contributed by atoms with van der Waals surface area (Å²) in [6.07, 6.45) is 1.83. The van der Waals surface area contributed by atoms with Crippen LogP contribution in [0.5, 0.6) is 0 Å². The molecule has 1 unspecified atom stereocenters. The topological polar surface area (TPSA) is 45.2 Å². The average molecular weight is 227 g/mol. The van der Waals surface area contributed by atoms with Crippen LogP contribution < -0.4 is 5.32 Å². The SMILES string of the molecule is CC(N[C@H](C)C(=O)N(C)C)c1cncs1. The van der Waals surface area contributed by atoms with Crippen LogP contribution in [0.25, 0.3) is 0 Å². The fraction of sp³-hybridized carbons (Fsp3) is 0.600. The molecule has 2 atom stereocenters. The Kier molecular flexibility index (Phi) is 4.23. The van der Waals surface area contributed by atoms with Crippen LogP contribution in [0.2, 0.25) is 0 Å². The largest absolute Gasteiger partial charge is 0.347 e. The Morgan fingerprint density at radius 1 is 1.53 bits per heavy atom. The Bertz CT molecular complexity index is 310. The van der Waals surface area contributed by atoms with Crippen LogP contribution in [0.4, 0.5) is 0 Å². The standard InChI is InChI=1S/C10H17N3OS/c1-7(9-5-11-6-15-9)12-8(2)10(14)13(3)4/h5-8,12H,1-4H3/t7?,8-/m1/s1. The maximum Gasteiger partial charge on any atom is 0.238 e. The molecule has 0 fully saturated rings. The summed E-state index contributed by atoms with van der Waals surface area (Å²) in [5, 5.41) is 3.24. The van der Waals surface area contributed by atoms with Crippen molar-refractivity contribution in [2.24, 2.45) is 0 Å². The predicted octanol–water partition coefficient (Wildman–Crippen LogP) is 1.27. The molecule has 5 heteroatoms. The summed E-state index contributed by atoms with van der Waals surface area (Å²) >= 11 is 1.59. The number of aromatic nitrogens is 1. The molecule has 0 saturated heterocycles. The number of carbonyl (C=O) groups excluding carboxylic acids is 1. The predicted molar refractivity (Wildman–Crippen MR) is 61.8 cm³/mol. The number of nitrogens with one attached hydrogen (secondary N) is 1. The van der Waals surface area contributed by atoms with Crippen molar-refractivity contribution in [2.75, 3.05) is 14.1 Å². The molecule has 0 bridgehead atoms. The van der Waals surface area contributed by atoms with Crippen molar-refractivity contribution in [3.05, 3.63) is 16.6 Å². The van der Waals surface area contributed by atoms with Gasteiger partial charge in [0.2, 0.25) is 5.91 Å². The lowest BCUT2D eigenvalue weighted by Gasteiger charge is -2.21. The molecule has 0 aliphatic rings. The van der Waals surface area contributed by atoms with E-state index in [1.165, 1.54) is 0 Å². The Labute approximate surface area is 94.3 Å². The summed E-state index contributed by atoms with van der Waals surface area (Å²) in [6, 6.07) is -0.00602. The van der Waals surface area contributed by atoms with E-state index in [1.54, 1.807) is 35.8 Å². The lowest BCUT2D eigenvalue weighted by Crippen LogP contribution is -2.42. The minimum Gasteiger partial charge on any atom is -0.347 e. The highest BCUT2D eigenvalue weighted by molar-refractivity contribution is 7.09. The fourth-order valence-corrected chi connectivity index (χ4v) is 1.99. The molecular weight excluding hydrogens is 210 g/mol. The van der Waals surface area contributed by atoms with Crippen molar-refractivity contribution in [1.29, 1.82) is 0 Å². The van der Waals surface area contributed by atoms with Crippen molar-refractivity contribution in [3.8, 4) is 0 Å². The van der Waals surface area contributed by atoms with Crippen molar-refractivity contribution in [3.63, 3.8) is 0 Å². The van der Waals surface area contributed by atoms with Gasteiger partial charge in [0.25, 0.3) is 0 Å². The summed E-state index contributed by atoms with van der Waals surface area (Å²) < 4.78 is 0. The summed E-state index contributed by atoms with van der Waals surface area (Å²) in [5.74, 6) is 0.0892. The van der Waals surface area contributed by atoms with Gasteiger partial charge in [-0.05, 0) is 13.8 Å². The highest BCUT2D eigenvalue weighted by Crippen LogP contribution is 2.16. The minimum absolute atomic E-state index is 0.0892. The molecule has 4 nitrogen and oxygen atoms in total. The van der Waals surface area contributed by atoms with E-state index >= 15 is 0 Å². The van der Waals surface area contributed by atoms with Gasteiger partial charge in [-0.1, -0.05) is 0 Å². The molecule has 1 aromatic rings. The summed E-state index contributed by atoms with van der Waals surface area (Å²) in [5.41, 5.74) is 1.80. The molecule has 1 amide bonds. The number of hydrogen-bond acceptors (Lipinski definition) is 4. The van der Waals surface area contributed by atoms with Gasteiger partial charge in [0, 0.05) is 31.2 Å². The first-order chi connectivity index (χ1) is 7.02. The monoisotopic (exact) mass is 227 g/mol. The molecule has 1 rings (SSSR count). The molecule has 0 radical (unpaired) electrons. The Morgan fingerprint density at radius 3 is 2.67 bits per heavy atom. The van der Waals surface area contributed by atoms with E-state index in [1.807, 2.05) is 20.0 Å². The van der Waals surface area contributed by atoms with E-state index in [2.05, 4.69) is 10.3 Å². The molecule has 0 spiro atoms. The van der Waals surface area contributed by atoms with E-state index in [0.717, 1.165) is 4.88 Å². The average Bonchev–Trinajstić information content (AvgIpc) is 2.68. The summed E-state index contributed by atoms with van der Waals surface area (Å²) in [6.45, 7) is 3.91. The van der Waals surface area contributed by atoms with Gasteiger partial charge in [-0.3, -0.25) is 15.1 Å². The molecular formula is C10H17N3OS. The second kappa shape index (κ2) is 5.23. The van der Waals surface area contributed by atoms with E-state index in [0.29, 0.717) is 0 Å². The number of thiazole rings is 1. The highest BCUT2D eigenvalue weighted by atomic mass is 32.1. The van der Waals surface area contributed by atoms with E-state index in [4.69, 9.17) is 0 Å². The highest BCUT2D eigenvalue weighted by Gasteiger charge is 2.17. The van der Waals surface area contributed by atoms with E-state index in [-0.39, 0.29) is 18.0 Å². The third kappa shape index (κ3) is 3.28. The summed E-state index contributed by atoms with van der Waals surface area (Å²) in [7, 11) is 3.52.